The number of carbonyl (C=O) groups is 1. The van der Waals surface area contributed by atoms with E-state index in [9.17, 15) is 4.79 Å². The number of hydrogen-bond donors (Lipinski definition) is 0. The molecule has 0 aromatic carbocycles. The Bertz CT molecular complexity index is 502. The Hall–Kier alpha value is -1.91. The van der Waals surface area contributed by atoms with Crippen molar-refractivity contribution in [3.05, 3.63) is 30.5 Å². The standard InChI is InChI=1S/C16H22N4O/c21-16(14-6-2-1-3-7-14)20-11-5-10-19(12-13-20)15-8-4-9-17-18-15/h1-2,4,8-9,14H,3,5-7,10-13H2/t14-/m1/s1. The highest BCUT2D eigenvalue weighted by Gasteiger charge is 2.26. The van der Waals surface area contributed by atoms with E-state index in [2.05, 4.69) is 27.2 Å². The molecule has 0 radical (unpaired) electrons. The summed E-state index contributed by atoms with van der Waals surface area (Å²) in [5.41, 5.74) is 0. The molecule has 1 aromatic heterocycles. The molecule has 2 heterocycles. The van der Waals surface area contributed by atoms with Crippen LogP contribution in [0.4, 0.5) is 5.82 Å². The van der Waals surface area contributed by atoms with E-state index >= 15 is 0 Å². The summed E-state index contributed by atoms with van der Waals surface area (Å²) in [6.45, 7) is 3.42. The average Bonchev–Trinajstić information content (AvgIpc) is 2.82. The van der Waals surface area contributed by atoms with E-state index in [1.165, 1.54) is 0 Å². The minimum atomic E-state index is 0.193. The molecule has 2 aliphatic rings. The van der Waals surface area contributed by atoms with Gasteiger partial charge in [-0.2, -0.15) is 5.10 Å². The van der Waals surface area contributed by atoms with Crippen LogP contribution in [0.5, 0.6) is 0 Å². The van der Waals surface area contributed by atoms with Gasteiger partial charge in [-0.3, -0.25) is 4.79 Å². The first kappa shape index (κ1) is 14.0. The van der Waals surface area contributed by atoms with Gasteiger partial charge in [0.05, 0.1) is 0 Å². The van der Waals surface area contributed by atoms with Crippen molar-refractivity contribution in [3.63, 3.8) is 0 Å². The summed E-state index contributed by atoms with van der Waals surface area (Å²) in [7, 11) is 0. The van der Waals surface area contributed by atoms with Crippen LogP contribution in [-0.2, 0) is 4.79 Å². The van der Waals surface area contributed by atoms with E-state index in [-0.39, 0.29) is 5.92 Å². The first-order valence-corrected chi connectivity index (χ1v) is 7.81. The molecule has 112 valence electrons. The molecule has 0 spiro atoms. The lowest BCUT2D eigenvalue weighted by molar-refractivity contribution is -0.135. The average molecular weight is 286 g/mol. The molecule has 21 heavy (non-hydrogen) atoms. The molecule has 0 saturated carbocycles. The third-order valence-electron chi connectivity index (χ3n) is 4.31. The van der Waals surface area contributed by atoms with Crippen molar-refractivity contribution in [3.8, 4) is 0 Å². The van der Waals surface area contributed by atoms with Gasteiger partial charge in [-0.1, -0.05) is 12.2 Å². The fourth-order valence-electron chi connectivity index (χ4n) is 3.11. The maximum atomic E-state index is 12.6. The predicted octanol–water partition coefficient (Wildman–Crippen LogP) is 1.87. The molecule has 5 heteroatoms. The van der Waals surface area contributed by atoms with E-state index in [4.69, 9.17) is 0 Å². The number of nitrogens with zero attached hydrogens (tertiary/aromatic N) is 4. The highest BCUT2D eigenvalue weighted by molar-refractivity contribution is 5.79. The monoisotopic (exact) mass is 286 g/mol. The molecular formula is C16H22N4O. The molecule has 0 N–H and O–H groups in total. The van der Waals surface area contributed by atoms with E-state index in [1.807, 2.05) is 17.0 Å². The summed E-state index contributed by atoms with van der Waals surface area (Å²) in [6, 6.07) is 3.89. The lowest BCUT2D eigenvalue weighted by atomic mass is 9.93. The van der Waals surface area contributed by atoms with Gasteiger partial charge in [0.1, 0.15) is 0 Å². The van der Waals surface area contributed by atoms with Gasteiger partial charge in [-0.15, -0.1) is 5.10 Å². The normalized spacial score (nSPS) is 23.0. The first-order valence-electron chi connectivity index (χ1n) is 7.81. The number of aromatic nitrogens is 2. The number of allylic oxidation sites excluding steroid dienone is 2. The Kier molecular flexibility index (Phi) is 4.48. The number of carbonyl (C=O) groups excluding carboxylic acids is 1. The van der Waals surface area contributed by atoms with Crippen LogP contribution < -0.4 is 4.90 Å². The summed E-state index contributed by atoms with van der Waals surface area (Å²) >= 11 is 0. The molecule has 5 nitrogen and oxygen atoms in total. The fraction of sp³-hybridized carbons (Fsp3) is 0.562. The molecule has 1 saturated heterocycles. The van der Waals surface area contributed by atoms with Gasteiger partial charge < -0.3 is 9.80 Å². The van der Waals surface area contributed by atoms with Crippen molar-refractivity contribution in [1.29, 1.82) is 0 Å². The number of hydrogen-bond acceptors (Lipinski definition) is 4. The molecule has 1 aromatic rings. The SMILES string of the molecule is O=C([C@@H]1CC=CCC1)N1CCCN(c2cccnn2)CC1. The van der Waals surface area contributed by atoms with Gasteiger partial charge in [0.25, 0.3) is 0 Å². The maximum absolute atomic E-state index is 12.6. The van der Waals surface area contributed by atoms with Crippen molar-refractivity contribution in [2.45, 2.75) is 25.7 Å². The lowest BCUT2D eigenvalue weighted by Crippen LogP contribution is -2.39. The van der Waals surface area contributed by atoms with Crippen LogP contribution in [0.2, 0.25) is 0 Å². The van der Waals surface area contributed by atoms with Crippen molar-refractivity contribution >= 4 is 11.7 Å². The van der Waals surface area contributed by atoms with Gasteiger partial charge in [-0.25, -0.2) is 0 Å². The van der Waals surface area contributed by atoms with E-state index in [0.29, 0.717) is 5.91 Å². The number of anilines is 1. The van der Waals surface area contributed by atoms with Crippen LogP contribution in [0, 0.1) is 5.92 Å². The fourth-order valence-corrected chi connectivity index (χ4v) is 3.11. The number of rotatable bonds is 2. The highest BCUT2D eigenvalue weighted by atomic mass is 16.2. The summed E-state index contributed by atoms with van der Waals surface area (Å²) in [5, 5.41) is 8.11. The summed E-state index contributed by atoms with van der Waals surface area (Å²) in [5.74, 6) is 1.44. The summed E-state index contributed by atoms with van der Waals surface area (Å²) < 4.78 is 0. The Balaban J connectivity index is 1.60. The Morgan fingerprint density at radius 2 is 2.14 bits per heavy atom. The lowest BCUT2D eigenvalue weighted by Gasteiger charge is -2.27. The zero-order chi connectivity index (χ0) is 14.5. The third-order valence-corrected chi connectivity index (χ3v) is 4.31. The Morgan fingerprint density at radius 1 is 1.19 bits per heavy atom. The quantitative estimate of drug-likeness (QED) is 0.779. The minimum absolute atomic E-state index is 0.193. The Morgan fingerprint density at radius 3 is 2.90 bits per heavy atom. The van der Waals surface area contributed by atoms with Crippen molar-refractivity contribution in [2.24, 2.45) is 5.92 Å². The molecule has 0 unspecified atom stereocenters. The van der Waals surface area contributed by atoms with Crippen LogP contribution in [0.1, 0.15) is 25.7 Å². The van der Waals surface area contributed by atoms with Crippen LogP contribution in [0.15, 0.2) is 30.5 Å². The molecule has 1 aliphatic heterocycles. The van der Waals surface area contributed by atoms with Crippen molar-refractivity contribution < 1.29 is 4.79 Å². The third kappa shape index (κ3) is 3.40. The van der Waals surface area contributed by atoms with Gasteiger partial charge in [0.15, 0.2) is 5.82 Å². The van der Waals surface area contributed by atoms with Crippen molar-refractivity contribution in [1.82, 2.24) is 15.1 Å². The molecule has 3 rings (SSSR count). The van der Waals surface area contributed by atoms with Crippen LogP contribution >= 0.6 is 0 Å². The maximum Gasteiger partial charge on any atom is 0.226 e. The van der Waals surface area contributed by atoms with E-state index < -0.39 is 0 Å². The van der Waals surface area contributed by atoms with Gasteiger partial charge >= 0.3 is 0 Å². The molecule has 0 bridgehead atoms. The minimum Gasteiger partial charge on any atom is -0.353 e. The zero-order valence-corrected chi connectivity index (χ0v) is 12.3. The predicted molar refractivity (Wildman–Crippen MR) is 81.9 cm³/mol. The molecule has 1 atom stereocenters. The van der Waals surface area contributed by atoms with E-state index in [1.54, 1.807) is 6.20 Å². The van der Waals surface area contributed by atoms with Crippen LogP contribution in [-0.4, -0.2) is 47.2 Å². The van der Waals surface area contributed by atoms with Gasteiger partial charge in [-0.05, 0) is 37.8 Å². The molecule has 1 aliphatic carbocycles. The largest absolute Gasteiger partial charge is 0.353 e. The second-order valence-corrected chi connectivity index (χ2v) is 5.73. The van der Waals surface area contributed by atoms with Crippen LogP contribution in [0.3, 0.4) is 0 Å². The number of amides is 1. The van der Waals surface area contributed by atoms with Gasteiger partial charge in [0.2, 0.25) is 5.91 Å². The Labute approximate surface area is 125 Å². The van der Waals surface area contributed by atoms with Gasteiger partial charge in [0, 0.05) is 38.3 Å². The molecular weight excluding hydrogens is 264 g/mol. The molecule has 1 amide bonds. The first-order chi connectivity index (χ1) is 10.3. The van der Waals surface area contributed by atoms with Crippen LogP contribution in [0.25, 0.3) is 0 Å². The second kappa shape index (κ2) is 6.70. The topological polar surface area (TPSA) is 49.3 Å². The summed E-state index contributed by atoms with van der Waals surface area (Å²) in [4.78, 5) is 16.9. The molecule has 1 fully saturated rings. The highest BCUT2D eigenvalue weighted by Crippen LogP contribution is 2.22. The smallest absolute Gasteiger partial charge is 0.226 e. The summed E-state index contributed by atoms with van der Waals surface area (Å²) in [6.07, 6.45) is 9.95. The second-order valence-electron chi connectivity index (χ2n) is 5.73. The van der Waals surface area contributed by atoms with E-state index in [0.717, 1.165) is 57.7 Å². The zero-order valence-electron chi connectivity index (χ0n) is 12.3. The van der Waals surface area contributed by atoms with Crippen molar-refractivity contribution in [2.75, 3.05) is 31.1 Å².